The third-order valence-corrected chi connectivity index (χ3v) is 13.5. The van der Waals surface area contributed by atoms with Crippen LogP contribution < -0.4 is 28.4 Å². The number of ether oxygens (including phenoxy) is 6. The van der Waals surface area contributed by atoms with E-state index in [1.807, 2.05) is 18.2 Å². The Morgan fingerprint density at radius 1 is 0.303 bits per heavy atom. The van der Waals surface area contributed by atoms with E-state index in [9.17, 15) is 19.2 Å². The molecule has 0 radical (unpaired) electrons. The number of carbonyl (C=O) groups is 4. The van der Waals surface area contributed by atoms with E-state index < -0.39 is 23.9 Å². The van der Waals surface area contributed by atoms with Crippen LogP contribution in [-0.2, 0) is 0 Å². The molecular formula is C66H80O10. The lowest BCUT2D eigenvalue weighted by molar-refractivity contribution is 0.0723. The fraction of sp³-hybridized carbons (Fsp3) is 0.424. The number of benzene rings is 6. The van der Waals surface area contributed by atoms with Crippen molar-refractivity contribution in [2.24, 2.45) is 0 Å². The number of hydrogen-bond acceptors (Lipinski definition) is 10. The average Bonchev–Trinajstić information content (AvgIpc) is 3.44. The zero-order valence-electron chi connectivity index (χ0n) is 45.2. The van der Waals surface area contributed by atoms with Crippen LogP contribution in [0.3, 0.4) is 0 Å². The Morgan fingerprint density at radius 3 is 0.974 bits per heavy atom. The van der Waals surface area contributed by atoms with E-state index in [0.29, 0.717) is 46.6 Å². The molecule has 0 aliphatic rings. The first-order valence-electron chi connectivity index (χ1n) is 28.4. The van der Waals surface area contributed by atoms with Crippen molar-refractivity contribution in [3.05, 3.63) is 156 Å². The summed E-state index contributed by atoms with van der Waals surface area (Å²) in [7, 11) is 0. The summed E-state index contributed by atoms with van der Waals surface area (Å²) in [5.41, 5.74) is 1.17. The molecule has 0 aliphatic carbocycles. The lowest BCUT2D eigenvalue weighted by atomic mass is 10.1. The highest BCUT2D eigenvalue weighted by Gasteiger charge is 2.18. The lowest BCUT2D eigenvalue weighted by Crippen LogP contribution is -2.11. The van der Waals surface area contributed by atoms with Gasteiger partial charge in [-0.15, -0.1) is 0 Å². The van der Waals surface area contributed by atoms with Crippen LogP contribution in [0.15, 0.2) is 133 Å². The van der Waals surface area contributed by atoms with Crippen LogP contribution in [-0.4, -0.2) is 37.1 Å². The first-order chi connectivity index (χ1) is 37.3. The second-order valence-corrected chi connectivity index (χ2v) is 19.8. The average molecular weight is 1030 g/mol. The number of hydrogen-bond donors (Lipinski definition) is 0. The molecule has 10 heteroatoms. The van der Waals surface area contributed by atoms with Crippen LogP contribution in [0.25, 0.3) is 10.8 Å². The Hall–Kier alpha value is -6.94. The van der Waals surface area contributed by atoms with E-state index >= 15 is 0 Å². The topological polar surface area (TPSA) is 124 Å². The molecule has 0 unspecified atom stereocenters. The number of unbranched alkanes of at least 4 members (excludes halogenated alkanes) is 22. The molecule has 404 valence electrons. The van der Waals surface area contributed by atoms with E-state index in [2.05, 4.69) is 13.8 Å². The van der Waals surface area contributed by atoms with Crippen LogP contribution in [0.4, 0.5) is 0 Å². The molecule has 0 aliphatic heterocycles. The van der Waals surface area contributed by atoms with E-state index in [1.165, 1.54) is 183 Å². The van der Waals surface area contributed by atoms with Gasteiger partial charge in [0, 0.05) is 11.5 Å². The van der Waals surface area contributed by atoms with Crippen molar-refractivity contribution >= 4 is 34.6 Å². The number of esters is 4. The highest BCUT2D eigenvalue weighted by molar-refractivity contribution is 5.98. The smallest absolute Gasteiger partial charge is 0.343 e. The summed E-state index contributed by atoms with van der Waals surface area (Å²) in [6.45, 7) is 5.78. The molecular weight excluding hydrogens is 953 g/mol. The van der Waals surface area contributed by atoms with Gasteiger partial charge in [-0.1, -0.05) is 179 Å². The van der Waals surface area contributed by atoms with Crippen LogP contribution in [0.1, 0.15) is 209 Å². The molecule has 0 heterocycles. The summed E-state index contributed by atoms with van der Waals surface area (Å²) in [4.78, 5) is 52.7. The van der Waals surface area contributed by atoms with Crippen LogP contribution in [0.5, 0.6) is 34.5 Å². The van der Waals surface area contributed by atoms with E-state index in [4.69, 9.17) is 28.4 Å². The maximum atomic E-state index is 13.5. The Bertz CT molecular complexity index is 2640. The maximum Gasteiger partial charge on any atom is 0.343 e. The molecule has 0 aromatic heterocycles. The molecule has 6 aromatic rings. The van der Waals surface area contributed by atoms with Crippen molar-refractivity contribution in [1.29, 1.82) is 0 Å². The van der Waals surface area contributed by atoms with Crippen LogP contribution >= 0.6 is 0 Å². The van der Waals surface area contributed by atoms with Gasteiger partial charge in [-0.3, -0.25) is 0 Å². The summed E-state index contributed by atoms with van der Waals surface area (Å²) < 4.78 is 34.6. The Balaban J connectivity index is 0.897. The molecule has 0 spiro atoms. The maximum absolute atomic E-state index is 13.5. The molecule has 6 aromatic carbocycles. The minimum Gasteiger partial charge on any atom is -0.494 e. The van der Waals surface area contributed by atoms with Gasteiger partial charge in [-0.2, -0.15) is 0 Å². The molecule has 0 N–H and O–H groups in total. The summed E-state index contributed by atoms with van der Waals surface area (Å²) in [5, 5.41) is 1.31. The summed E-state index contributed by atoms with van der Waals surface area (Å²) >= 11 is 0. The van der Waals surface area contributed by atoms with Crippen LogP contribution in [0.2, 0.25) is 0 Å². The third-order valence-electron chi connectivity index (χ3n) is 13.5. The van der Waals surface area contributed by atoms with Crippen molar-refractivity contribution < 1.29 is 47.6 Å². The quantitative estimate of drug-likeness (QED) is 0.0213. The largest absolute Gasteiger partial charge is 0.494 e. The molecule has 6 rings (SSSR count). The van der Waals surface area contributed by atoms with Gasteiger partial charge in [-0.25, -0.2) is 19.2 Å². The molecule has 0 saturated heterocycles. The minimum atomic E-state index is -0.663. The van der Waals surface area contributed by atoms with Crippen molar-refractivity contribution in [2.45, 2.75) is 168 Å². The predicted octanol–water partition coefficient (Wildman–Crippen LogP) is 17.9. The van der Waals surface area contributed by atoms with Gasteiger partial charge in [0.05, 0.1) is 35.5 Å². The third kappa shape index (κ3) is 21.0. The van der Waals surface area contributed by atoms with Crippen LogP contribution in [0, 0.1) is 0 Å². The second-order valence-electron chi connectivity index (χ2n) is 19.8. The molecule has 10 nitrogen and oxygen atoms in total. The van der Waals surface area contributed by atoms with Gasteiger partial charge in [-0.05, 0) is 121 Å². The predicted molar refractivity (Wildman–Crippen MR) is 303 cm³/mol. The van der Waals surface area contributed by atoms with Crippen molar-refractivity contribution in [3.8, 4) is 34.5 Å². The van der Waals surface area contributed by atoms with Crippen molar-refractivity contribution in [3.63, 3.8) is 0 Å². The molecule has 0 fully saturated rings. The fourth-order valence-electron chi connectivity index (χ4n) is 9.01. The molecule has 0 saturated carbocycles. The Labute approximate surface area is 451 Å². The minimum absolute atomic E-state index is 0.157. The summed E-state index contributed by atoms with van der Waals surface area (Å²) in [6.07, 6.45) is 30.9. The highest BCUT2D eigenvalue weighted by Crippen LogP contribution is 2.33. The monoisotopic (exact) mass is 1030 g/mol. The van der Waals surface area contributed by atoms with E-state index in [-0.39, 0.29) is 34.1 Å². The fourth-order valence-corrected chi connectivity index (χ4v) is 9.01. The van der Waals surface area contributed by atoms with E-state index in [0.717, 1.165) is 25.7 Å². The second kappa shape index (κ2) is 33.9. The first kappa shape index (κ1) is 58.3. The van der Waals surface area contributed by atoms with Gasteiger partial charge in [0.15, 0.2) is 0 Å². The summed E-state index contributed by atoms with van der Waals surface area (Å²) in [6, 6.07) is 36.3. The molecule has 0 bridgehead atoms. The SMILES string of the molecule is CCCCCCCCCCCCCCOc1ccc(C(=O)Oc2ccc(C(=O)Oc3cc(OC(=O)c4ccc(OC(=O)c5ccc(OCCCCCCCCCCCCCC)cc5)cc4)c4ccccc4c3)cc2)cc1. The normalized spacial score (nSPS) is 11.0. The van der Waals surface area contributed by atoms with E-state index in [1.54, 1.807) is 60.7 Å². The molecule has 0 amide bonds. The lowest BCUT2D eigenvalue weighted by Gasteiger charge is -2.12. The highest BCUT2D eigenvalue weighted by atomic mass is 16.6. The Kier molecular flexibility index (Phi) is 26.0. The van der Waals surface area contributed by atoms with Gasteiger partial charge in [0.1, 0.15) is 34.5 Å². The Morgan fingerprint density at radius 2 is 0.605 bits per heavy atom. The molecule has 76 heavy (non-hydrogen) atoms. The standard InChI is InChI=1S/C66H80O10/c1-3-5-7-9-11-13-15-17-19-21-23-27-47-71-56-39-31-51(32-40-56)63(67)73-58-43-35-53(36-44-58)65(69)75-60-49-55-29-25-26-30-61(55)62(50-60)76-66(70)54-37-45-59(46-38-54)74-64(68)52-33-41-57(42-34-52)72-48-28-24-22-20-18-16-14-12-10-8-6-4-2/h25-26,29-46,49-50H,3-24,27-28,47-48H2,1-2H3. The van der Waals surface area contributed by atoms with Crippen molar-refractivity contribution in [1.82, 2.24) is 0 Å². The molecule has 0 atom stereocenters. The number of fused-ring (bicyclic) bond motifs is 1. The zero-order chi connectivity index (χ0) is 53.4. The van der Waals surface area contributed by atoms with Gasteiger partial charge < -0.3 is 28.4 Å². The zero-order valence-corrected chi connectivity index (χ0v) is 45.2. The number of rotatable bonds is 36. The van der Waals surface area contributed by atoms with Gasteiger partial charge in [0.2, 0.25) is 0 Å². The number of carbonyl (C=O) groups excluding carboxylic acids is 4. The first-order valence-corrected chi connectivity index (χ1v) is 28.4. The van der Waals surface area contributed by atoms with Gasteiger partial charge >= 0.3 is 23.9 Å². The van der Waals surface area contributed by atoms with Gasteiger partial charge in [0.25, 0.3) is 0 Å². The van der Waals surface area contributed by atoms with Crippen molar-refractivity contribution in [2.75, 3.05) is 13.2 Å². The summed E-state index contributed by atoms with van der Waals surface area (Å²) in [5.74, 6) is -0.137.